The topological polar surface area (TPSA) is 84.0 Å². The van der Waals surface area contributed by atoms with Crippen molar-refractivity contribution in [3.63, 3.8) is 0 Å². The summed E-state index contributed by atoms with van der Waals surface area (Å²) in [5.74, 6) is 0.985. The Kier molecular flexibility index (Phi) is 6.24. The quantitative estimate of drug-likeness (QED) is 0.388. The van der Waals surface area contributed by atoms with Crippen LogP contribution in [-0.4, -0.2) is 35.8 Å². The van der Waals surface area contributed by atoms with Crippen molar-refractivity contribution in [3.8, 4) is 22.6 Å². The number of nitrogens with one attached hydrogen (secondary N) is 1. The van der Waals surface area contributed by atoms with Gasteiger partial charge in [-0.05, 0) is 42.0 Å². The molecule has 8 heteroatoms. The van der Waals surface area contributed by atoms with Crippen molar-refractivity contribution in [1.29, 1.82) is 0 Å². The van der Waals surface area contributed by atoms with Gasteiger partial charge < -0.3 is 14.5 Å². The third-order valence-corrected chi connectivity index (χ3v) is 6.59. The highest BCUT2D eigenvalue weighted by atomic mass is 35.5. The average Bonchev–Trinajstić information content (AvgIpc) is 3.33. The highest BCUT2D eigenvalue weighted by molar-refractivity contribution is 6.31. The van der Waals surface area contributed by atoms with Crippen LogP contribution < -0.4 is 15.0 Å². The number of carbonyl (C=O) groups excluding carboxylic acids is 1. The number of amides is 1. The van der Waals surface area contributed by atoms with E-state index in [9.17, 15) is 9.59 Å². The highest BCUT2D eigenvalue weighted by Crippen LogP contribution is 2.41. The number of ether oxygens (including phenoxy) is 2. The molecule has 1 atom stereocenters. The molecule has 3 aromatic carbocycles. The molecule has 7 nitrogen and oxygen atoms in total. The van der Waals surface area contributed by atoms with Gasteiger partial charge in [-0.3, -0.25) is 9.59 Å². The molecule has 1 aliphatic rings. The molecule has 0 bridgehead atoms. The summed E-state index contributed by atoms with van der Waals surface area (Å²) < 4.78 is 11.0. The van der Waals surface area contributed by atoms with Crippen LogP contribution in [0.15, 0.2) is 76.6 Å². The zero-order chi connectivity index (χ0) is 25.4. The molecule has 2 heterocycles. The van der Waals surface area contributed by atoms with E-state index in [0.29, 0.717) is 39.7 Å². The van der Waals surface area contributed by atoms with Crippen LogP contribution >= 0.6 is 11.6 Å². The zero-order valence-corrected chi connectivity index (χ0v) is 20.8. The molecule has 0 spiro atoms. The van der Waals surface area contributed by atoms with Crippen molar-refractivity contribution in [2.75, 3.05) is 14.2 Å². The first-order valence-electron chi connectivity index (χ1n) is 11.4. The monoisotopic (exact) mass is 501 g/mol. The lowest BCUT2D eigenvalue weighted by atomic mass is 9.91. The van der Waals surface area contributed by atoms with Gasteiger partial charge in [0.05, 0.1) is 31.5 Å². The minimum Gasteiger partial charge on any atom is -0.497 e. The molecule has 36 heavy (non-hydrogen) atoms. The van der Waals surface area contributed by atoms with Gasteiger partial charge in [-0.2, -0.15) is 5.10 Å². The molecule has 1 amide bonds. The summed E-state index contributed by atoms with van der Waals surface area (Å²) in [6.07, 6.45) is 0.318. The smallest absolute Gasteiger partial charge is 0.258 e. The maximum atomic E-state index is 13.5. The Morgan fingerprint density at radius 1 is 1.03 bits per heavy atom. The third kappa shape index (κ3) is 4.12. The molecule has 5 rings (SSSR count). The molecule has 182 valence electrons. The Balaban J connectivity index is 1.74. The van der Waals surface area contributed by atoms with Crippen LogP contribution in [0.1, 0.15) is 30.5 Å². The van der Waals surface area contributed by atoms with Gasteiger partial charge in [0.1, 0.15) is 11.5 Å². The van der Waals surface area contributed by atoms with Crippen molar-refractivity contribution in [3.05, 3.63) is 93.2 Å². The Morgan fingerprint density at radius 2 is 1.81 bits per heavy atom. The molecule has 0 aliphatic carbocycles. The van der Waals surface area contributed by atoms with Gasteiger partial charge in [0.2, 0.25) is 5.91 Å². The van der Waals surface area contributed by atoms with E-state index in [-0.39, 0.29) is 11.5 Å². The van der Waals surface area contributed by atoms with E-state index < -0.39 is 6.04 Å². The van der Waals surface area contributed by atoms with Crippen LogP contribution in [0.2, 0.25) is 5.02 Å². The maximum Gasteiger partial charge on any atom is 0.258 e. The van der Waals surface area contributed by atoms with E-state index >= 15 is 0 Å². The number of rotatable bonds is 5. The number of H-pyrrole nitrogens is 1. The van der Waals surface area contributed by atoms with Crippen LogP contribution in [0.3, 0.4) is 0 Å². The minimum atomic E-state index is -0.472. The number of fused-ring (bicyclic) bond motifs is 1. The number of methoxy groups -OCH3 is 2. The van der Waals surface area contributed by atoms with Crippen molar-refractivity contribution in [1.82, 2.24) is 9.99 Å². The maximum absolute atomic E-state index is 13.5. The normalized spacial score (nSPS) is 15.2. The molecule has 4 aromatic rings. The number of pyridine rings is 1. The summed E-state index contributed by atoms with van der Waals surface area (Å²) in [4.78, 5) is 29.2. The molecular formula is C28H24ClN3O4. The zero-order valence-electron chi connectivity index (χ0n) is 20.0. The van der Waals surface area contributed by atoms with E-state index in [0.717, 1.165) is 22.1 Å². The van der Waals surface area contributed by atoms with E-state index in [1.807, 2.05) is 42.5 Å². The largest absolute Gasteiger partial charge is 0.497 e. The Bertz CT molecular complexity index is 1560. The molecule has 0 fully saturated rings. The lowest BCUT2D eigenvalue weighted by Crippen LogP contribution is -2.24. The van der Waals surface area contributed by atoms with Crippen molar-refractivity contribution >= 4 is 34.1 Å². The van der Waals surface area contributed by atoms with Crippen LogP contribution in [0.25, 0.3) is 22.0 Å². The number of hydrogen-bond donors (Lipinski definition) is 1. The second kappa shape index (κ2) is 9.51. The molecular weight excluding hydrogens is 478 g/mol. The van der Waals surface area contributed by atoms with Crippen molar-refractivity contribution in [2.45, 2.75) is 19.4 Å². The number of hydrogen-bond acceptors (Lipinski definition) is 5. The van der Waals surface area contributed by atoms with Crippen LogP contribution in [-0.2, 0) is 4.79 Å². The van der Waals surface area contributed by atoms with Gasteiger partial charge in [0.15, 0.2) is 0 Å². The standard InChI is InChI=1S/C28H24ClN3O4/c1-16(33)32-24(21-14-19(35-2)10-12-25(21)36-3)15-23(31-32)27-26(17-7-5-4-6-8-17)20-13-18(29)9-11-22(20)30-28(27)34/h4-14,24H,15H2,1-3H3,(H,30,34)/t24-/m0/s1. The van der Waals surface area contributed by atoms with Gasteiger partial charge in [0.25, 0.3) is 5.56 Å². The summed E-state index contributed by atoms with van der Waals surface area (Å²) in [5, 5.41) is 7.43. The molecule has 1 aromatic heterocycles. The van der Waals surface area contributed by atoms with E-state index in [4.69, 9.17) is 21.1 Å². The summed E-state index contributed by atoms with van der Waals surface area (Å²) >= 11 is 6.36. The summed E-state index contributed by atoms with van der Waals surface area (Å²) in [5.41, 5.74) is 3.60. The van der Waals surface area contributed by atoms with E-state index in [1.54, 1.807) is 38.5 Å². The fourth-order valence-corrected chi connectivity index (χ4v) is 4.91. The number of aromatic nitrogens is 1. The van der Waals surface area contributed by atoms with E-state index in [2.05, 4.69) is 10.1 Å². The predicted molar refractivity (Wildman–Crippen MR) is 141 cm³/mol. The summed E-state index contributed by atoms with van der Waals surface area (Å²) in [7, 11) is 3.15. The highest BCUT2D eigenvalue weighted by Gasteiger charge is 2.36. The molecule has 0 unspecified atom stereocenters. The second-order valence-corrected chi connectivity index (χ2v) is 8.93. The number of hydrazone groups is 1. The van der Waals surface area contributed by atoms with E-state index in [1.165, 1.54) is 11.9 Å². The first-order chi connectivity index (χ1) is 17.4. The fraction of sp³-hybridized carbons (Fsp3) is 0.179. The van der Waals surface area contributed by atoms with Gasteiger partial charge in [-0.1, -0.05) is 41.9 Å². The Hall–Kier alpha value is -4.10. The van der Waals surface area contributed by atoms with Crippen molar-refractivity contribution < 1.29 is 14.3 Å². The molecule has 0 saturated carbocycles. The first kappa shape index (κ1) is 23.6. The number of halogens is 1. The number of benzene rings is 3. The Morgan fingerprint density at radius 3 is 2.50 bits per heavy atom. The van der Waals surface area contributed by atoms with Gasteiger partial charge in [0, 0.05) is 40.4 Å². The molecule has 1 N–H and O–H groups in total. The van der Waals surface area contributed by atoms with Crippen LogP contribution in [0.4, 0.5) is 0 Å². The minimum absolute atomic E-state index is 0.249. The van der Waals surface area contributed by atoms with Crippen LogP contribution in [0.5, 0.6) is 11.5 Å². The SMILES string of the molecule is COc1ccc(OC)c([C@@H]2CC(c3c(-c4ccccc4)c4cc(Cl)ccc4[nH]c3=O)=NN2C(C)=O)c1. The summed E-state index contributed by atoms with van der Waals surface area (Å²) in [6, 6.07) is 20.0. The lowest BCUT2D eigenvalue weighted by molar-refractivity contribution is -0.130. The third-order valence-electron chi connectivity index (χ3n) is 6.36. The molecule has 1 aliphatic heterocycles. The molecule has 0 saturated heterocycles. The lowest BCUT2D eigenvalue weighted by Gasteiger charge is -2.23. The fourth-order valence-electron chi connectivity index (χ4n) is 4.74. The van der Waals surface area contributed by atoms with Gasteiger partial charge in [-0.15, -0.1) is 0 Å². The molecule has 0 radical (unpaired) electrons. The predicted octanol–water partition coefficient (Wildman–Crippen LogP) is 5.56. The van der Waals surface area contributed by atoms with Crippen LogP contribution in [0, 0.1) is 0 Å². The number of aromatic amines is 1. The first-order valence-corrected chi connectivity index (χ1v) is 11.8. The Labute approximate surface area is 212 Å². The average molecular weight is 502 g/mol. The number of nitrogens with zero attached hydrogens (tertiary/aromatic N) is 2. The van der Waals surface area contributed by atoms with Crippen molar-refractivity contribution in [2.24, 2.45) is 5.10 Å². The summed E-state index contributed by atoms with van der Waals surface area (Å²) in [6.45, 7) is 1.45. The van der Waals surface area contributed by atoms with Gasteiger partial charge >= 0.3 is 0 Å². The number of carbonyl (C=O) groups is 1. The second-order valence-electron chi connectivity index (χ2n) is 8.50. The van der Waals surface area contributed by atoms with Gasteiger partial charge in [-0.25, -0.2) is 5.01 Å².